The maximum absolute atomic E-state index is 12.9. The van der Waals surface area contributed by atoms with Gasteiger partial charge < -0.3 is 20.4 Å². The zero-order chi connectivity index (χ0) is 20.1. The van der Waals surface area contributed by atoms with Crippen molar-refractivity contribution in [2.75, 3.05) is 36.4 Å². The lowest BCUT2D eigenvalue weighted by molar-refractivity contribution is 0.0919. The minimum absolute atomic E-state index is 0.0647. The van der Waals surface area contributed by atoms with E-state index in [4.69, 9.17) is 0 Å². The maximum atomic E-state index is 12.9. The van der Waals surface area contributed by atoms with Crippen molar-refractivity contribution >= 4 is 23.4 Å². The van der Waals surface area contributed by atoms with Gasteiger partial charge in [0.2, 0.25) is 0 Å². The Morgan fingerprint density at radius 1 is 0.931 bits per heavy atom. The molecule has 3 amide bonds. The maximum Gasteiger partial charge on any atom is 0.321 e. The molecule has 0 bridgehead atoms. The minimum atomic E-state index is -0.0930. The SMILES string of the molecule is O=C(NC1CCN(C(=O)Nc2ccccc2)CC1)c1cccnc1N1CCCC1. The van der Waals surface area contributed by atoms with Crippen molar-refractivity contribution in [3.63, 3.8) is 0 Å². The molecule has 2 aliphatic heterocycles. The van der Waals surface area contributed by atoms with Gasteiger partial charge in [-0.25, -0.2) is 9.78 Å². The largest absolute Gasteiger partial charge is 0.356 e. The van der Waals surface area contributed by atoms with Crippen molar-refractivity contribution in [2.24, 2.45) is 0 Å². The summed E-state index contributed by atoms with van der Waals surface area (Å²) < 4.78 is 0. The van der Waals surface area contributed by atoms with Gasteiger partial charge in [0, 0.05) is 44.1 Å². The minimum Gasteiger partial charge on any atom is -0.356 e. The Hall–Kier alpha value is -3.09. The molecule has 1 aromatic carbocycles. The summed E-state index contributed by atoms with van der Waals surface area (Å²) in [6.45, 7) is 3.14. The van der Waals surface area contributed by atoms with Crippen LogP contribution in [0.5, 0.6) is 0 Å². The van der Waals surface area contributed by atoms with Crippen LogP contribution in [0.15, 0.2) is 48.7 Å². The van der Waals surface area contributed by atoms with Crippen molar-refractivity contribution in [3.05, 3.63) is 54.2 Å². The van der Waals surface area contributed by atoms with Crippen molar-refractivity contribution in [2.45, 2.75) is 31.7 Å². The summed E-state index contributed by atoms with van der Waals surface area (Å²) in [6, 6.07) is 13.1. The smallest absolute Gasteiger partial charge is 0.321 e. The first-order valence-electron chi connectivity index (χ1n) is 10.3. The molecular formula is C22H27N5O2. The van der Waals surface area contributed by atoms with Gasteiger partial charge in [0.25, 0.3) is 5.91 Å². The molecule has 3 heterocycles. The highest BCUT2D eigenvalue weighted by atomic mass is 16.2. The summed E-state index contributed by atoms with van der Waals surface area (Å²) in [5.41, 5.74) is 1.43. The number of hydrogen-bond donors (Lipinski definition) is 2. The number of pyridine rings is 1. The lowest BCUT2D eigenvalue weighted by Gasteiger charge is -2.32. The Balaban J connectivity index is 1.31. The summed E-state index contributed by atoms with van der Waals surface area (Å²) in [4.78, 5) is 33.7. The summed E-state index contributed by atoms with van der Waals surface area (Å²) in [7, 11) is 0. The van der Waals surface area contributed by atoms with Crippen LogP contribution >= 0.6 is 0 Å². The van der Waals surface area contributed by atoms with Crippen LogP contribution in [0.3, 0.4) is 0 Å². The van der Waals surface area contributed by atoms with Gasteiger partial charge in [-0.2, -0.15) is 0 Å². The van der Waals surface area contributed by atoms with E-state index in [-0.39, 0.29) is 18.0 Å². The molecule has 0 aliphatic carbocycles. The number of carbonyl (C=O) groups is 2. The summed E-state index contributed by atoms with van der Waals surface area (Å²) in [6.07, 6.45) is 5.51. The van der Waals surface area contributed by atoms with Gasteiger partial charge in [-0.15, -0.1) is 0 Å². The number of para-hydroxylation sites is 1. The average molecular weight is 393 g/mol. The highest BCUT2D eigenvalue weighted by Crippen LogP contribution is 2.22. The van der Waals surface area contributed by atoms with Gasteiger partial charge in [0.1, 0.15) is 5.82 Å². The number of anilines is 2. The number of benzene rings is 1. The zero-order valence-electron chi connectivity index (χ0n) is 16.5. The molecule has 29 heavy (non-hydrogen) atoms. The normalized spacial score (nSPS) is 17.2. The second kappa shape index (κ2) is 8.94. The first-order chi connectivity index (χ1) is 14.2. The van der Waals surface area contributed by atoms with E-state index in [1.807, 2.05) is 42.5 Å². The predicted octanol–water partition coefficient (Wildman–Crippen LogP) is 3.11. The summed E-state index contributed by atoms with van der Waals surface area (Å²) in [5, 5.41) is 6.06. The number of nitrogens with zero attached hydrogens (tertiary/aromatic N) is 3. The number of carbonyl (C=O) groups excluding carboxylic acids is 2. The van der Waals surface area contributed by atoms with Crippen LogP contribution in [0, 0.1) is 0 Å². The molecule has 0 atom stereocenters. The molecule has 2 fully saturated rings. The fourth-order valence-electron chi connectivity index (χ4n) is 3.97. The number of nitrogens with one attached hydrogen (secondary N) is 2. The number of urea groups is 1. The molecule has 0 unspecified atom stereocenters. The van der Waals surface area contributed by atoms with E-state index in [0.29, 0.717) is 18.7 Å². The van der Waals surface area contributed by atoms with Crippen LogP contribution in [0.2, 0.25) is 0 Å². The van der Waals surface area contributed by atoms with E-state index in [0.717, 1.165) is 50.3 Å². The van der Waals surface area contributed by atoms with Crippen LogP contribution in [-0.2, 0) is 0 Å². The number of likely N-dealkylation sites (tertiary alicyclic amines) is 1. The fraction of sp³-hybridized carbons (Fsp3) is 0.409. The molecule has 0 saturated carbocycles. The zero-order valence-corrected chi connectivity index (χ0v) is 16.5. The molecule has 7 nitrogen and oxygen atoms in total. The number of hydrogen-bond acceptors (Lipinski definition) is 4. The molecule has 2 N–H and O–H groups in total. The van der Waals surface area contributed by atoms with Gasteiger partial charge in [0.05, 0.1) is 5.56 Å². The summed E-state index contributed by atoms with van der Waals surface area (Å²) >= 11 is 0. The monoisotopic (exact) mass is 393 g/mol. The molecule has 2 aliphatic rings. The van der Waals surface area contributed by atoms with E-state index in [1.54, 1.807) is 11.1 Å². The van der Waals surface area contributed by atoms with E-state index in [9.17, 15) is 9.59 Å². The van der Waals surface area contributed by atoms with Crippen LogP contribution in [0.25, 0.3) is 0 Å². The van der Waals surface area contributed by atoms with Gasteiger partial charge in [-0.3, -0.25) is 4.79 Å². The molecule has 1 aromatic heterocycles. The molecule has 0 spiro atoms. The lowest BCUT2D eigenvalue weighted by atomic mass is 10.0. The third-order valence-corrected chi connectivity index (χ3v) is 5.58. The van der Waals surface area contributed by atoms with Crippen LogP contribution in [0.1, 0.15) is 36.0 Å². The Morgan fingerprint density at radius 3 is 2.38 bits per heavy atom. The number of piperidine rings is 1. The second-order valence-electron chi connectivity index (χ2n) is 7.60. The van der Waals surface area contributed by atoms with E-state index >= 15 is 0 Å². The summed E-state index contributed by atoms with van der Waals surface area (Å²) in [5.74, 6) is 0.703. The van der Waals surface area contributed by atoms with E-state index < -0.39 is 0 Å². The van der Waals surface area contributed by atoms with Crippen molar-refractivity contribution in [1.82, 2.24) is 15.2 Å². The van der Waals surface area contributed by atoms with E-state index in [1.165, 1.54) is 0 Å². The Bertz CT molecular complexity index is 843. The Kier molecular flexibility index (Phi) is 5.93. The van der Waals surface area contributed by atoms with Gasteiger partial charge >= 0.3 is 6.03 Å². The number of rotatable bonds is 4. The standard InChI is InChI=1S/C22H27N5O2/c28-21(19-9-6-12-23-20(19)26-13-4-5-14-26)24-18-10-15-27(16-11-18)22(29)25-17-7-2-1-3-8-17/h1-3,6-9,12,18H,4-5,10-11,13-16H2,(H,24,28)(H,25,29). The fourth-order valence-corrected chi connectivity index (χ4v) is 3.97. The topological polar surface area (TPSA) is 77.6 Å². The molecule has 2 saturated heterocycles. The molecule has 4 rings (SSSR count). The van der Waals surface area contributed by atoms with Crippen LogP contribution in [-0.4, -0.2) is 54.0 Å². The van der Waals surface area contributed by atoms with Crippen molar-refractivity contribution < 1.29 is 9.59 Å². The van der Waals surface area contributed by atoms with Crippen molar-refractivity contribution in [1.29, 1.82) is 0 Å². The number of amides is 3. The second-order valence-corrected chi connectivity index (χ2v) is 7.60. The quantitative estimate of drug-likeness (QED) is 0.837. The average Bonchev–Trinajstić information content (AvgIpc) is 3.30. The third kappa shape index (κ3) is 4.67. The molecule has 0 radical (unpaired) electrons. The highest BCUT2D eigenvalue weighted by Gasteiger charge is 2.26. The van der Waals surface area contributed by atoms with E-state index in [2.05, 4.69) is 20.5 Å². The molecular weight excluding hydrogens is 366 g/mol. The van der Waals surface area contributed by atoms with Gasteiger partial charge in [-0.05, 0) is 49.9 Å². The lowest BCUT2D eigenvalue weighted by Crippen LogP contribution is -2.47. The van der Waals surface area contributed by atoms with Crippen LogP contribution in [0.4, 0.5) is 16.3 Å². The first-order valence-corrected chi connectivity index (χ1v) is 10.3. The number of aromatic nitrogens is 1. The van der Waals surface area contributed by atoms with Gasteiger partial charge in [0.15, 0.2) is 0 Å². The molecule has 2 aromatic rings. The Labute approximate surface area is 171 Å². The third-order valence-electron chi connectivity index (χ3n) is 5.58. The Morgan fingerprint density at radius 2 is 1.66 bits per heavy atom. The van der Waals surface area contributed by atoms with Crippen molar-refractivity contribution in [3.8, 4) is 0 Å². The highest BCUT2D eigenvalue weighted by molar-refractivity contribution is 5.99. The first kappa shape index (κ1) is 19.2. The molecule has 7 heteroatoms. The van der Waals surface area contributed by atoms with Crippen LogP contribution < -0.4 is 15.5 Å². The predicted molar refractivity (Wildman–Crippen MR) is 113 cm³/mol. The van der Waals surface area contributed by atoms with Gasteiger partial charge in [-0.1, -0.05) is 18.2 Å². The molecule has 152 valence electrons.